The number of hydrogen-bond acceptors (Lipinski definition) is 2. The van der Waals surface area contributed by atoms with Gasteiger partial charge in [-0.05, 0) is 24.2 Å². The topological polar surface area (TPSA) is 21.3 Å². The van der Waals surface area contributed by atoms with Gasteiger partial charge in [0.05, 0.1) is 13.2 Å². The molecule has 0 aromatic heterocycles. The molecule has 2 rings (SSSR count). The molecule has 0 aliphatic rings. The van der Waals surface area contributed by atoms with Crippen LogP contribution in [0, 0.1) is 5.82 Å². The van der Waals surface area contributed by atoms with Crippen molar-refractivity contribution in [1.29, 1.82) is 0 Å². The van der Waals surface area contributed by atoms with Crippen LogP contribution in [-0.2, 0) is 24.5 Å². The third-order valence-electron chi connectivity index (χ3n) is 2.96. The fourth-order valence-electron chi connectivity index (χ4n) is 1.95. The molecule has 0 unspecified atom stereocenters. The molecule has 0 heterocycles. The first-order valence-electron chi connectivity index (χ1n) is 6.34. The van der Waals surface area contributed by atoms with Crippen LogP contribution in [-0.4, -0.2) is 7.05 Å². The molecule has 0 spiro atoms. The molecule has 0 bridgehead atoms. The van der Waals surface area contributed by atoms with Gasteiger partial charge >= 0.3 is 0 Å². The molecule has 0 radical (unpaired) electrons. The Kier molecular flexibility index (Phi) is 5.07. The molecule has 19 heavy (non-hydrogen) atoms. The summed E-state index contributed by atoms with van der Waals surface area (Å²) >= 11 is 0. The highest BCUT2D eigenvalue weighted by atomic mass is 19.1. The summed E-state index contributed by atoms with van der Waals surface area (Å²) in [6, 6.07) is 14.8. The summed E-state index contributed by atoms with van der Waals surface area (Å²) in [7, 11) is 1.91. The van der Waals surface area contributed by atoms with Gasteiger partial charge in [-0.25, -0.2) is 4.39 Å². The molecule has 3 heteroatoms. The molecule has 100 valence electrons. The average Bonchev–Trinajstić information content (AvgIpc) is 2.43. The third-order valence-corrected chi connectivity index (χ3v) is 2.96. The first-order chi connectivity index (χ1) is 9.31. The summed E-state index contributed by atoms with van der Waals surface area (Å²) in [4.78, 5) is 0. The Bertz CT molecular complexity index is 528. The van der Waals surface area contributed by atoms with Crippen LogP contribution in [0.4, 0.5) is 4.39 Å². The molecular weight excluding hydrogens is 241 g/mol. The minimum absolute atomic E-state index is 0.217. The Balaban J connectivity index is 1.94. The normalized spacial score (nSPS) is 10.6. The van der Waals surface area contributed by atoms with E-state index < -0.39 is 0 Å². The van der Waals surface area contributed by atoms with E-state index in [1.165, 1.54) is 11.6 Å². The van der Waals surface area contributed by atoms with Gasteiger partial charge in [0, 0.05) is 12.1 Å². The lowest BCUT2D eigenvalue weighted by Gasteiger charge is -2.10. The molecule has 0 saturated carbocycles. The van der Waals surface area contributed by atoms with Crippen molar-refractivity contribution in [2.75, 3.05) is 7.05 Å². The van der Waals surface area contributed by atoms with E-state index in [0.29, 0.717) is 18.8 Å². The molecule has 0 aliphatic heterocycles. The van der Waals surface area contributed by atoms with E-state index in [4.69, 9.17) is 4.74 Å². The highest BCUT2D eigenvalue weighted by Crippen LogP contribution is 2.13. The van der Waals surface area contributed by atoms with Gasteiger partial charge in [-0.15, -0.1) is 0 Å². The van der Waals surface area contributed by atoms with Gasteiger partial charge in [-0.1, -0.05) is 42.5 Å². The molecule has 0 fully saturated rings. The fourth-order valence-corrected chi connectivity index (χ4v) is 1.95. The van der Waals surface area contributed by atoms with Crippen LogP contribution in [0.15, 0.2) is 48.5 Å². The predicted octanol–water partition coefficient (Wildman–Crippen LogP) is 3.26. The van der Waals surface area contributed by atoms with Gasteiger partial charge < -0.3 is 10.1 Å². The summed E-state index contributed by atoms with van der Waals surface area (Å²) in [5.74, 6) is -0.217. The monoisotopic (exact) mass is 259 g/mol. The lowest BCUT2D eigenvalue weighted by Crippen LogP contribution is -2.08. The largest absolute Gasteiger partial charge is 0.372 e. The van der Waals surface area contributed by atoms with Crippen LogP contribution in [0.1, 0.15) is 16.7 Å². The summed E-state index contributed by atoms with van der Waals surface area (Å²) in [5.41, 5.74) is 2.93. The highest BCUT2D eigenvalue weighted by Gasteiger charge is 2.03. The van der Waals surface area contributed by atoms with Gasteiger partial charge in [-0.2, -0.15) is 0 Å². The lowest BCUT2D eigenvalue weighted by molar-refractivity contribution is 0.104. The Hall–Kier alpha value is -1.71. The van der Waals surface area contributed by atoms with E-state index in [-0.39, 0.29) is 5.82 Å². The van der Waals surface area contributed by atoms with E-state index in [1.54, 1.807) is 12.1 Å². The van der Waals surface area contributed by atoms with E-state index in [2.05, 4.69) is 11.4 Å². The Morgan fingerprint density at radius 1 is 0.895 bits per heavy atom. The summed E-state index contributed by atoms with van der Waals surface area (Å²) in [6.07, 6.45) is 0. The van der Waals surface area contributed by atoms with Crippen molar-refractivity contribution in [3.63, 3.8) is 0 Å². The predicted molar refractivity (Wildman–Crippen MR) is 74.1 cm³/mol. The highest BCUT2D eigenvalue weighted by molar-refractivity contribution is 5.26. The molecule has 1 N–H and O–H groups in total. The molecule has 0 saturated heterocycles. The summed E-state index contributed by atoms with van der Waals surface area (Å²) in [6.45, 7) is 1.59. The minimum atomic E-state index is -0.217. The standard InChI is InChI=1S/C16H18FNO/c1-18-10-13-6-2-3-7-14(13)11-19-12-15-8-4-5-9-16(15)17/h2-9,18H,10-12H2,1H3. The van der Waals surface area contributed by atoms with Crippen LogP contribution in [0.2, 0.25) is 0 Å². The number of ether oxygens (including phenoxy) is 1. The zero-order valence-corrected chi connectivity index (χ0v) is 11.0. The summed E-state index contributed by atoms with van der Waals surface area (Å²) < 4.78 is 19.0. The van der Waals surface area contributed by atoms with Gasteiger partial charge in [-0.3, -0.25) is 0 Å². The quantitative estimate of drug-likeness (QED) is 0.859. The minimum Gasteiger partial charge on any atom is -0.372 e. The second-order valence-electron chi connectivity index (χ2n) is 4.38. The van der Waals surface area contributed by atoms with E-state index in [1.807, 2.05) is 31.3 Å². The molecule has 0 amide bonds. The van der Waals surface area contributed by atoms with Gasteiger partial charge in [0.15, 0.2) is 0 Å². The van der Waals surface area contributed by atoms with Crippen molar-refractivity contribution in [1.82, 2.24) is 5.32 Å². The maximum Gasteiger partial charge on any atom is 0.128 e. The van der Waals surface area contributed by atoms with Crippen molar-refractivity contribution < 1.29 is 9.13 Å². The lowest BCUT2D eigenvalue weighted by atomic mass is 10.1. The number of rotatable bonds is 6. The van der Waals surface area contributed by atoms with Crippen LogP contribution in [0.3, 0.4) is 0 Å². The zero-order valence-electron chi connectivity index (χ0n) is 11.0. The molecule has 0 aliphatic carbocycles. The molecule has 0 atom stereocenters. The second-order valence-corrected chi connectivity index (χ2v) is 4.38. The van der Waals surface area contributed by atoms with Crippen molar-refractivity contribution in [3.05, 3.63) is 71.0 Å². The second kappa shape index (κ2) is 7.02. The maximum atomic E-state index is 13.4. The van der Waals surface area contributed by atoms with Crippen molar-refractivity contribution in [2.24, 2.45) is 0 Å². The van der Waals surface area contributed by atoms with Crippen LogP contribution >= 0.6 is 0 Å². The van der Waals surface area contributed by atoms with Crippen LogP contribution in [0.5, 0.6) is 0 Å². The number of hydrogen-bond donors (Lipinski definition) is 1. The first kappa shape index (κ1) is 13.7. The first-order valence-corrected chi connectivity index (χ1v) is 6.34. The van der Waals surface area contributed by atoms with E-state index in [9.17, 15) is 4.39 Å². The van der Waals surface area contributed by atoms with E-state index in [0.717, 1.165) is 12.1 Å². The van der Waals surface area contributed by atoms with E-state index >= 15 is 0 Å². The van der Waals surface area contributed by atoms with Crippen molar-refractivity contribution in [2.45, 2.75) is 19.8 Å². The number of benzene rings is 2. The van der Waals surface area contributed by atoms with Gasteiger partial charge in [0.25, 0.3) is 0 Å². The average molecular weight is 259 g/mol. The summed E-state index contributed by atoms with van der Waals surface area (Å²) in [5, 5.41) is 3.13. The molecule has 2 aromatic rings. The SMILES string of the molecule is CNCc1ccccc1COCc1ccccc1F. The van der Waals surface area contributed by atoms with Crippen LogP contribution < -0.4 is 5.32 Å². The van der Waals surface area contributed by atoms with Crippen molar-refractivity contribution >= 4 is 0 Å². The molecule has 2 aromatic carbocycles. The zero-order chi connectivity index (χ0) is 13.5. The molecule has 2 nitrogen and oxygen atoms in total. The van der Waals surface area contributed by atoms with Crippen molar-refractivity contribution in [3.8, 4) is 0 Å². The molecular formula is C16H18FNO. The van der Waals surface area contributed by atoms with Crippen LogP contribution in [0.25, 0.3) is 0 Å². The third kappa shape index (κ3) is 3.88. The fraction of sp³-hybridized carbons (Fsp3) is 0.250. The Morgan fingerprint density at radius 2 is 1.47 bits per heavy atom. The Labute approximate surface area is 113 Å². The van der Waals surface area contributed by atoms with Gasteiger partial charge in [0.2, 0.25) is 0 Å². The maximum absolute atomic E-state index is 13.4. The smallest absolute Gasteiger partial charge is 0.128 e. The number of halogens is 1. The van der Waals surface area contributed by atoms with Gasteiger partial charge in [0.1, 0.15) is 5.82 Å². The Morgan fingerprint density at radius 3 is 2.16 bits per heavy atom. The number of nitrogens with one attached hydrogen (secondary N) is 1.